The number of ketones is 1. The first-order valence-corrected chi connectivity index (χ1v) is 11.4. The number of ether oxygens (including phenoxy) is 1. The van der Waals surface area contributed by atoms with Gasteiger partial charge in [-0.25, -0.2) is 0 Å². The van der Waals surface area contributed by atoms with Gasteiger partial charge in [0.15, 0.2) is 5.78 Å². The van der Waals surface area contributed by atoms with Gasteiger partial charge < -0.3 is 14.9 Å². The highest BCUT2D eigenvalue weighted by Gasteiger charge is 2.17. The van der Waals surface area contributed by atoms with E-state index in [1.165, 1.54) is 11.1 Å². The maximum Gasteiger partial charge on any atom is 0.193 e. The number of Topliss-reactive ketones (excluding diaryl/α,β-unsaturated/α-hetero) is 1. The van der Waals surface area contributed by atoms with E-state index in [1.54, 1.807) is 18.2 Å². The van der Waals surface area contributed by atoms with Gasteiger partial charge in [0.1, 0.15) is 18.5 Å². The van der Waals surface area contributed by atoms with Crippen LogP contribution in [0, 0.1) is 0 Å². The summed E-state index contributed by atoms with van der Waals surface area (Å²) in [6.45, 7) is -0.146. The van der Waals surface area contributed by atoms with E-state index in [0.29, 0.717) is 23.6 Å². The predicted octanol–water partition coefficient (Wildman–Crippen LogP) is 5.71. The number of hydrogen-bond acceptors (Lipinski definition) is 4. The maximum atomic E-state index is 12.1. The van der Waals surface area contributed by atoms with Crippen molar-refractivity contribution in [2.45, 2.75) is 19.1 Å². The summed E-state index contributed by atoms with van der Waals surface area (Å²) in [7, 11) is 0. The van der Waals surface area contributed by atoms with Gasteiger partial charge in [0.2, 0.25) is 0 Å². The molecular formula is C29H25ClO4. The maximum absolute atomic E-state index is 12.1. The van der Waals surface area contributed by atoms with E-state index in [2.05, 4.69) is 36.4 Å². The summed E-state index contributed by atoms with van der Waals surface area (Å²) >= 11 is 6.32. The molecule has 172 valence electrons. The first kappa shape index (κ1) is 23.7. The van der Waals surface area contributed by atoms with Crippen molar-refractivity contribution < 1.29 is 19.7 Å². The summed E-state index contributed by atoms with van der Waals surface area (Å²) in [5, 5.41) is 19.2. The summed E-state index contributed by atoms with van der Waals surface area (Å²) in [6.07, 6.45) is -0.906. The van der Waals surface area contributed by atoms with Gasteiger partial charge in [-0.1, -0.05) is 78.3 Å². The van der Waals surface area contributed by atoms with E-state index < -0.39 is 18.5 Å². The normalized spacial score (nSPS) is 11.7. The Morgan fingerprint density at radius 1 is 0.824 bits per heavy atom. The fourth-order valence-electron chi connectivity index (χ4n) is 3.65. The molecule has 0 aliphatic heterocycles. The number of rotatable bonds is 9. The third-order valence-electron chi connectivity index (χ3n) is 5.59. The fourth-order valence-corrected chi connectivity index (χ4v) is 3.84. The zero-order valence-corrected chi connectivity index (χ0v) is 19.3. The molecule has 0 amide bonds. The molecule has 5 heteroatoms. The summed E-state index contributed by atoms with van der Waals surface area (Å²) in [4.78, 5) is 12.1. The average Bonchev–Trinajstić information content (AvgIpc) is 2.89. The van der Waals surface area contributed by atoms with Gasteiger partial charge in [-0.3, -0.25) is 4.79 Å². The minimum Gasteiger partial charge on any atom is -0.489 e. The van der Waals surface area contributed by atoms with Crippen molar-refractivity contribution in [3.05, 3.63) is 124 Å². The lowest BCUT2D eigenvalue weighted by atomic mass is 9.99. The second-order valence-electron chi connectivity index (χ2n) is 8.04. The lowest BCUT2D eigenvalue weighted by Crippen LogP contribution is -2.24. The molecule has 0 aliphatic carbocycles. The van der Waals surface area contributed by atoms with Crippen LogP contribution in [0.15, 0.2) is 97.1 Å². The van der Waals surface area contributed by atoms with Crippen LogP contribution in [0.4, 0.5) is 0 Å². The SMILES string of the molecule is O=C(c1ccc(Cl)c(Cc2ccc(OCc3ccc(-c4ccccc4)cc3)cc2)c1)C(O)CO. The molecule has 1 unspecified atom stereocenters. The molecule has 2 N–H and O–H groups in total. The molecule has 0 spiro atoms. The molecule has 34 heavy (non-hydrogen) atoms. The van der Waals surface area contributed by atoms with E-state index in [-0.39, 0.29) is 0 Å². The Hall–Kier alpha value is -3.44. The second-order valence-corrected chi connectivity index (χ2v) is 8.45. The third kappa shape index (κ3) is 5.91. The third-order valence-corrected chi connectivity index (χ3v) is 5.96. The second kappa shape index (κ2) is 11.1. The van der Waals surface area contributed by atoms with Crippen LogP contribution in [0.1, 0.15) is 27.0 Å². The van der Waals surface area contributed by atoms with Crippen molar-refractivity contribution in [1.82, 2.24) is 0 Å². The highest BCUT2D eigenvalue weighted by molar-refractivity contribution is 6.31. The van der Waals surface area contributed by atoms with E-state index in [9.17, 15) is 9.90 Å². The molecule has 4 nitrogen and oxygen atoms in total. The number of hydrogen-bond donors (Lipinski definition) is 2. The van der Waals surface area contributed by atoms with Crippen LogP contribution >= 0.6 is 11.6 Å². The molecule has 0 saturated carbocycles. The smallest absolute Gasteiger partial charge is 0.193 e. The summed E-state index contributed by atoms with van der Waals surface area (Å²) in [6, 6.07) is 31.2. The van der Waals surface area contributed by atoms with Crippen LogP contribution in [0.3, 0.4) is 0 Å². The van der Waals surface area contributed by atoms with Gasteiger partial charge in [-0.15, -0.1) is 0 Å². The monoisotopic (exact) mass is 472 g/mol. The minimum atomic E-state index is -1.43. The van der Waals surface area contributed by atoms with Gasteiger partial charge in [-0.05, 0) is 64.6 Å². The van der Waals surface area contributed by atoms with E-state index in [0.717, 1.165) is 22.4 Å². The number of halogens is 1. The van der Waals surface area contributed by atoms with E-state index in [4.69, 9.17) is 21.4 Å². The van der Waals surface area contributed by atoms with Crippen LogP contribution < -0.4 is 4.74 Å². The molecular weight excluding hydrogens is 448 g/mol. The number of carbonyl (C=O) groups is 1. The van der Waals surface area contributed by atoms with Crippen LogP contribution in [-0.4, -0.2) is 28.7 Å². The van der Waals surface area contributed by atoms with Gasteiger partial charge >= 0.3 is 0 Å². The number of benzene rings is 4. The molecule has 4 aromatic rings. The summed E-state index contributed by atoms with van der Waals surface area (Å²) in [5.74, 6) is 0.234. The summed E-state index contributed by atoms with van der Waals surface area (Å²) < 4.78 is 5.93. The minimum absolute atomic E-state index is 0.319. The molecule has 0 heterocycles. The fraction of sp³-hybridized carbons (Fsp3) is 0.138. The molecule has 0 aromatic heterocycles. The highest BCUT2D eigenvalue weighted by Crippen LogP contribution is 2.24. The largest absolute Gasteiger partial charge is 0.489 e. The summed E-state index contributed by atoms with van der Waals surface area (Å²) in [5.41, 5.74) is 5.54. The lowest BCUT2D eigenvalue weighted by molar-refractivity contribution is 0.0587. The van der Waals surface area contributed by atoms with E-state index in [1.807, 2.05) is 42.5 Å². The Labute approximate surface area is 204 Å². The molecule has 1 atom stereocenters. The van der Waals surface area contributed by atoms with Gasteiger partial charge in [0, 0.05) is 10.6 Å². The Morgan fingerprint density at radius 2 is 1.47 bits per heavy atom. The Balaban J connectivity index is 1.37. The molecule has 0 aliphatic rings. The lowest BCUT2D eigenvalue weighted by Gasteiger charge is -2.11. The Morgan fingerprint density at radius 3 is 2.15 bits per heavy atom. The molecule has 0 fully saturated rings. The Kier molecular flexibility index (Phi) is 7.76. The standard InChI is InChI=1S/C29H25ClO4/c30-27-15-12-24(29(33)28(32)18-31)17-25(27)16-20-8-13-26(14-9-20)34-19-21-6-10-23(11-7-21)22-4-2-1-3-5-22/h1-15,17,28,31-32H,16,18-19H2. The zero-order chi connectivity index (χ0) is 23.9. The van der Waals surface area contributed by atoms with Crippen molar-refractivity contribution in [2.24, 2.45) is 0 Å². The zero-order valence-electron chi connectivity index (χ0n) is 18.5. The quantitative estimate of drug-likeness (QED) is 0.306. The Bertz CT molecular complexity index is 1240. The molecule has 0 saturated heterocycles. The predicted molar refractivity (Wildman–Crippen MR) is 134 cm³/mol. The highest BCUT2D eigenvalue weighted by atomic mass is 35.5. The van der Waals surface area contributed by atoms with Crippen molar-refractivity contribution in [2.75, 3.05) is 6.61 Å². The van der Waals surface area contributed by atoms with Crippen LogP contribution in [-0.2, 0) is 13.0 Å². The molecule has 4 aromatic carbocycles. The van der Waals surface area contributed by atoms with Gasteiger partial charge in [0.25, 0.3) is 0 Å². The van der Waals surface area contributed by atoms with Crippen LogP contribution in [0.5, 0.6) is 5.75 Å². The van der Waals surface area contributed by atoms with Crippen molar-refractivity contribution in [3.8, 4) is 16.9 Å². The molecule has 0 bridgehead atoms. The van der Waals surface area contributed by atoms with Crippen LogP contribution in [0.2, 0.25) is 5.02 Å². The van der Waals surface area contributed by atoms with Crippen molar-refractivity contribution >= 4 is 17.4 Å². The van der Waals surface area contributed by atoms with Crippen LogP contribution in [0.25, 0.3) is 11.1 Å². The number of aliphatic hydroxyl groups is 2. The van der Waals surface area contributed by atoms with Gasteiger partial charge in [-0.2, -0.15) is 0 Å². The number of carbonyl (C=O) groups excluding carboxylic acids is 1. The number of aliphatic hydroxyl groups excluding tert-OH is 2. The first-order chi connectivity index (χ1) is 16.5. The van der Waals surface area contributed by atoms with E-state index >= 15 is 0 Å². The first-order valence-electron chi connectivity index (χ1n) is 11.0. The molecule has 4 rings (SSSR count). The van der Waals surface area contributed by atoms with Crippen molar-refractivity contribution in [1.29, 1.82) is 0 Å². The van der Waals surface area contributed by atoms with Gasteiger partial charge in [0.05, 0.1) is 6.61 Å². The average molecular weight is 473 g/mol. The molecule has 0 radical (unpaired) electrons. The van der Waals surface area contributed by atoms with Crippen molar-refractivity contribution in [3.63, 3.8) is 0 Å². The topological polar surface area (TPSA) is 66.8 Å².